The minimum Gasteiger partial charge on any atom is -0.362 e. The van der Waals surface area contributed by atoms with Crippen LogP contribution in [-0.2, 0) is 26.6 Å². The molecule has 3 aromatic heterocycles. The lowest BCUT2D eigenvalue weighted by Crippen LogP contribution is -2.32. The fraction of sp³-hybridized carbons (Fsp3) is 0.364. The van der Waals surface area contributed by atoms with Crippen LogP contribution in [0.5, 0.6) is 0 Å². The summed E-state index contributed by atoms with van der Waals surface area (Å²) in [5, 5.41) is 3.76. The lowest BCUT2D eigenvalue weighted by atomic mass is 9.97. The molecule has 1 N–H and O–H groups in total. The van der Waals surface area contributed by atoms with Gasteiger partial charge in [-0.1, -0.05) is 6.07 Å². The van der Waals surface area contributed by atoms with E-state index >= 15 is 0 Å². The van der Waals surface area contributed by atoms with Gasteiger partial charge in [0.2, 0.25) is 5.95 Å². The average molecular weight is 474 g/mol. The van der Waals surface area contributed by atoms with Gasteiger partial charge in [0.1, 0.15) is 22.0 Å². The van der Waals surface area contributed by atoms with Crippen molar-refractivity contribution in [3.8, 4) is 0 Å². The van der Waals surface area contributed by atoms with Gasteiger partial charge in [0, 0.05) is 30.6 Å². The Bertz CT molecular complexity index is 1350. The fourth-order valence-electron chi connectivity index (χ4n) is 4.15. The van der Waals surface area contributed by atoms with Crippen LogP contribution < -0.4 is 10.2 Å². The summed E-state index contributed by atoms with van der Waals surface area (Å²) in [5.41, 5.74) is 3.59. The lowest BCUT2D eigenvalue weighted by Gasteiger charge is -2.29. The van der Waals surface area contributed by atoms with Gasteiger partial charge in [0.15, 0.2) is 11.5 Å². The lowest BCUT2D eigenvalue weighted by molar-refractivity contribution is 0.146. The Kier molecular flexibility index (Phi) is 5.43. The number of benzene rings is 1. The van der Waals surface area contributed by atoms with Gasteiger partial charge in [-0.15, -0.1) is 11.3 Å². The Morgan fingerprint density at radius 1 is 1.18 bits per heavy atom. The van der Waals surface area contributed by atoms with Crippen molar-refractivity contribution in [2.75, 3.05) is 16.8 Å². The molecule has 0 amide bonds. The fourth-order valence-corrected chi connectivity index (χ4v) is 5.03. The predicted octanol–water partition coefficient (Wildman–Crippen LogP) is 4.69. The minimum absolute atomic E-state index is 0.185. The van der Waals surface area contributed by atoms with Crippen LogP contribution in [0.4, 0.5) is 24.9 Å². The highest BCUT2D eigenvalue weighted by molar-refractivity contribution is 7.11. The molecule has 0 bridgehead atoms. The standard InChI is InChI=1S/C22H22F3N7S/c1-11-6-13-4-5-32(9-14(13)15(23)7-11)22-29-20(18-21(30-22)27-10-31(18)3)26-8-16-28-17(19(24)25)12(2)33-16/h6-7,10,19H,4-5,8-9H2,1-3H3,(H,26,29,30). The van der Waals surface area contributed by atoms with E-state index < -0.39 is 6.43 Å². The number of alkyl halides is 2. The molecule has 4 aromatic rings. The molecule has 1 aliphatic heterocycles. The van der Waals surface area contributed by atoms with Crippen molar-refractivity contribution in [2.24, 2.45) is 7.05 Å². The highest BCUT2D eigenvalue weighted by Crippen LogP contribution is 2.30. The first kappa shape index (κ1) is 21.6. The summed E-state index contributed by atoms with van der Waals surface area (Å²) >= 11 is 1.23. The molecule has 1 aliphatic rings. The van der Waals surface area contributed by atoms with E-state index in [-0.39, 0.29) is 18.1 Å². The molecule has 0 fully saturated rings. The maximum Gasteiger partial charge on any atom is 0.281 e. The Morgan fingerprint density at radius 3 is 2.76 bits per heavy atom. The number of aromatic nitrogens is 5. The van der Waals surface area contributed by atoms with Crippen LogP contribution in [0.2, 0.25) is 0 Å². The summed E-state index contributed by atoms with van der Waals surface area (Å²) in [5.74, 6) is 0.746. The van der Waals surface area contributed by atoms with Crippen LogP contribution in [0.1, 0.15) is 38.7 Å². The van der Waals surface area contributed by atoms with Gasteiger partial charge in [0.25, 0.3) is 6.43 Å². The molecule has 4 heterocycles. The molecular formula is C22H22F3N7S. The Hall–Kier alpha value is -3.21. The summed E-state index contributed by atoms with van der Waals surface area (Å²) in [6.07, 6.45) is -0.268. The Labute approximate surface area is 192 Å². The van der Waals surface area contributed by atoms with Crippen LogP contribution in [0, 0.1) is 19.7 Å². The molecule has 11 heteroatoms. The number of hydrogen-bond acceptors (Lipinski definition) is 7. The van der Waals surface area contributed by atoms with Crippen molar-refractivity contribution in [2.45, 2.75) is 39.8 Å². The number of nitrogens with one attached hydrogen (secondary N) is 1. The molecule has 0 saturated heterocycles. The normalized spacial score (nSPS) is 13.7. The Morgan fingerprint density at radius 2 is 2.00 bits per heavy atom. The van der Waals surface area contributed by atoms with Gasteiger partial charge >= 0.3 is 0 Å². The summed E-state index contributed by atoms with van der Waals surface area (Å²) in [4.78, 5) is 20.2. The highest BCUT2D eigenvalue weighted by Gasteiger charge is 2.24. The molecule has 0 radical (unpaired) electrons. The van der Waals surface area contributed by atoms with Crippen molar-refractivity contribution < 1.29 is 13.2 Å². The topological polar surface area (TPSA) is 71.8 Å². The van der Waals surface area contributed by atoms with Crippen molar-refractivity contribution in [1.82, 2.24) is 24.5 Å². The van der Waals surface area contributed by atoms with E-state index in [0.29, 0.717) is 57.9 Å². The molecule has 0 unspecified atom stereocenters. The molecule has 1 aromatic carbocycles. The second kappa shape index (κ2) is 8.29. The van der Waals surface area contributed by atoms with Crippen molar-refractivity contribution in [1.29, 1.82) is 0 Å². The average Bonchev–Trinajstić information content (AvgIpc) is 3.34. The number of imidazole rings is 1. The summed E-state index contributed by atoms with van der Waals surface area (Å²) in [6, 6.07) is 3.57. The third-order valence-corrected chi connectivity index (χ3v) is 6.75. The predicted molar refractivity (Wildman–Crippen MR) is 121 cm³/mol. The maximum absolute atomic E-state index is 14.6. The molecule has 7 nitrogen and oxygen atoms in total. The van der Waals surface area contributed by atoms with Gasteiger partial charge in [0.05, 0.1) is 12.9 Å². The number of halogens is 3. The first-order valence-electron chi connectivity index (χ1n) is 10.5. The van der Waals surface area contributed by atoms with Gasteiger partial charge in [-0.25, -0.2) is 23.1 Å². The largest absolute Gasteiger partial charge is 0.362 e. The number of rotatable bonds is 5. The zero-order valence-electron chi connectivity index (χ0n) is 18.4. The van der Waals surface area contributed by atoms with E-state index in [1.165, 1.54) is 11.3 Å². The molecule has 172 valence electrons. The SMILES string of the molecule is Cc1cc(F)c2c(c1)CCN(c1nc(NCc3nc(C(F)F)c(C)s3)c3c(ncn3C)n1)C2. The number of nitrogens with zero attached hydrogens (tertiary/aromatic N) is 6. The number of fused-ring (bicyclic) bond motifs is 2. The van der Waals surface area contributed by atoms with Crippen LogP contribution >= 0.6 is 11.3 Å². The second-order valence-corrected chi connectivity index (χ2v) is 9.45. The smallest absolute Gasteiger partial charge is 0.281 e. The van der Waals surface area contributed by atoms with Crippen LogP contribution in [-0.4, -0.2) is 31.0 Å². The van der Waals surface area contributed by atoms with Crippen LogP contribution in [0.25, 0.3) is 11.2 Å². The van der Waals surface area contributed by atoms with Crippen molar-refractivity contribution in [3.05, 3.63) is 56.5 Å². The number of thiazole rings is 1. The number of hydrogen-bond donors (Lipinski definition) is 1. The number of anilines is 2. The van der Waals surface area contributed by atoms with E-state index in [1.807, 2.05) is 24.9 Å². The van der Waals surface area contributed by atoms with E-state index in [1.54, 1.807) is 23.9 Å². The van der Waals surface area contributed by atoms with Crippen molar-refractivity contribution in [3.63, 3.8) is 0 Å². The highest BCUT2D eigenvalue weighted by atomic mass is 32.1. The quantitative estimate of drug-likeness (QED) is 0.454. The van der Waals surface area contributed by atoms with E-state index in [0.717, 1.165) is 11.1 Å². The first-order chi connectivity index (χ1) is 15.8. The maximum atomic E-state index is 14.6. The molecule has 0 saturated carbocycles. The third kappa shape index (κ3) is 4.01. The minimum atomic E-state index is -2.60. The molecule has 33 heavy (non-hydrogen) atoms. The van der Waals surface area contributed by atoms with Gasteiger partial charge < -0.3 is 14.8 Å². The van der Waals surface area contributed by atoms with Gasteiger partial charge in [-0.2, -0.15) is 9.97 Å². The number of aryl methyl sites for hydroxylation is 3. The third-order valence-electron chi connectivity index (χ3n) is 5.77. The molecule has 0 aliphatic carbocycles. The second-order valence-electron chi connectivity index (χ2n) is 8.16. The van der Waals surface area contributed by atoms with Gasteiger partial charge in [-0.05, 0) is 37.5 Å². The zero-order chi connectivity index (χ0) is 23.3. The molecule has 0 atom stereocenters. The summed E-state index contributed by atoms with van der Waals surface area (Å²) in [7, 11) is 1.83. The van der Waals surface area contributed by atoms with E-state index in [2.05, 4.69) is 20.3 Å². The van der Waals surface area contributed by atoms with Gasteiger partial charge in [-0.3, -0.25) is 0 Å². The van der Waals surface area contributed by atoms with E-state index in [9.17, 15) is 13.2 Å². The van der Waals surface area contributed by atoms with Crippen LogP contribution in [0.3, 0.4) is 0 Å². The van der Waals surface area contributed by atoms with E-state index in [4.69, 9.17) is 4.98 Å². The van der Waals surface area contributed by atoms with Crippen LogP contribution in [0.15, 0.2) is 18.5 Å². The monoisotopic (exact) mass is 473 g/mol. The first-order valence-corrected chi connectivity index (χ1v) is 11.3. The van der Waals surface area contributed by atoms with Crippen molar-refractivity contribution >= 4 is 34.3 Å². The Balaban J connectivity index is 1.46. The molecule has 0 spiro atoms. The summed E-state index contributed by atoms with van der Waals surface area (Å²) < 4.78 is 42.6. The molecular weight excluding hydrogens is 451 g/mol. The molecule has 5 rings (SSSR count). The zero-order valence-corrected chi connectivity index (χ0v) is 19.2. The summed E-state index contributed by atoms with van der Waals surface area (Å²) in [6.45, 7) is 4.78.